The normalized spacial score (nSPS) is 10.4. The molecular weight excluding hydrogens is 338 g/mol. The minimum absolute atomic E-state index is 0.0761. The molecule has 1 aromatic carbocycles. The summed E-state index contributed by atoms with van der Waals surface area (Å²) in [5.41, 5.74) is 1.60. The molecule has 7 heteroatoms. The lowest BCUT2D eigenvalue weighted by atomic mass is 10.2. The third-order valence-corrected chi connectivity index (χ3v) is 4.35. The van der Waals surface area contributed by atoms with Crippen LogP contribution in [0, 0.1) is 0 Å². The molecule has 25 heavy (non-hydrogen) atoms. The highest BCUT2D eigenvalue weighted by Gasteiger charge is 2.08. The predicted molar refractivity (Wildman–Crippen MR) is 95.3 cm³/mol. The van der Waals surface area contributed by atoms with Crippen molar-refractivity contribution in [2.45, 2.75) is 11.6 Å². The van der Waals surface area contributed by atoms with Crippen molar-refractivity contribution in [2.24, 2.45) is 0 Å². The van der Waals surface area contributed by atoms with Crippen LogP contribution in [0.1, 0.15) is 5.56 Å². The number of ether oxygens (including phenoxy) is 1. The van der Waals surface area contributed by atoms with Gasteiger partial charge in [-0.1, -0.05) is 30.0 Å². The van der Waals surface area contributed by atoms with Crippen LogP contribution in [0.2, 0.25) is 0 Å². The van der Waals surface area contributed by atoms with Crippen LogP contribution in [0.15, 0.2) is 64.2 Å². The summed E-state index contributed by atoms with van der Waals surface area (Å²) in [4.78, 5) is 12.0. The van der Waals surface area contributed by atoms with Crippen molar-refractivity contribution >= 4 is 17.7 Å². The number of para-hydroxylation sites is 1. The monoisotopic (exact) mass is 355 g/mol. The van der Waals surface area contributed by atoms with Crippen LogP contribution in [0.4, 0.5) is 0 Å². The Kier molecular flexibility index (Phi) is 5.69. The Bertz CT molecular complexity index is 820. The number of nitrogens with zero attached hydrogens (tertiary/aromatic N) is 2. The molecule has 0 spiro atoms. The molecule has 0 atom stereocenters. The van der Waals surface area contributed by atoms with Crippen LogP contribution in [0.5, 0.6) is 5.75 Å². The summed E-state index contributed by atoms with van der Waals surface area (Å²) < 4.78 is 10.5. The van der Waals surface area contributed by atoms with E-state index in [1.807, 2.05) is 42.5 Å². The van der Waals surface area contributed by atoms with Gasteiger partial charge in [0.25, 0.3) is 0 Å². The van der Waals surface area contributed by atoms with Gasteiger partial charge in [-0.15, -0.1) is 10.2 Å². The van der Waals surface area contributed by atoms with Gasteiger partial charge in [0.15, 0.2) is 5.76 Å². The van der Waals surface area contributed by atoms with Crippen LogP contribution in [0.25, 0.3) is 11.5 Å². The zero-order valence-electron chi connectivity index (χ0n) is 13.6. The summed E-state index contributed by atoms with van der Waals surface area (Å²) >= 11 is 1.33. The quantitative estimate of drug-likeness (QED) is 0.656. The Hall–Kier alpha value is -2.80. The van der Waals surface area contributed by atoms with E-state index >= 15 is 0 Å². The molecule has 1 amide bonds. The molecule has 6 nitrogen and oxygen atoms in total. The lowest BCUT2D eigenvalue weighted by Gasteiger charge is -2.09. The van der Waals surface area contributed by atoms with Gasteiger partial charge in [0.1, 0.15) is 16.5 Å². The lowest BCUT2D eigenvalue weighted by Crippen LogP contribution is -2.24. The number of amides is 1. The minimum atomic E-state index is -0.0761. The van der Waals surface area contributed by atoms with E-state index in [2.05, 4.69) is 15.5 Å². The number of carbonyl (C=O) groups excluding carboxylic acids is 1. The highest BCUT2D eigenvalue weighted by molar-refractivity contribution is 7.99. The number of hydrogen-bond donors (Lipinski definition) is 1. The fraction of sp³-hybridized carbons (Fsp3) is 0.167. The smallest absolute Gasteiger partial charge is 0.230 e. The number of furan rings is 1. The number of hydrogen-bond acceptors (Lipinski definition) is 6. The first-order chi connectivity index (χ1) is 12.3. The van der Waals surface area contributed by atoms with Crippen molar-refractivity contribution in [3.8, 4) is 17.2 Å². The standard InChI is InChI=1S/C18H17N3O3S/c1-23-15-6-3-2-5-13(15)11-19-17(22)12-25-18-9-8-14(20-21-18)16-7-4-10-24-16/h2-10H,11-12H2,1H3,(H,19,22). The van der Waals surface area contributed by atoms with Crippen molar-refractivity contribution in [3.05, 3.63) is 60.4 Å². The van der Waals surface area contributed by atoms with Crippen molar-refractivity contribution in [2.75, 3.05) is 12.9 Å². The molecule has 0 aliphatic heterocycles. The van der Waals surface area contributed by atoms with Gasteiger partial charge >= 0.3 is 0 Å². The number of methoxy groups -OCH3 is 1. The molecule has 128 valence electrons. The van der Waals surface area contributed by atoms with E-state index < -0.39 is 0 Å². The van der Waals surface area contributed by atoms with Crippen LogP contribution >= 0.6 is 11.8 Å². The van der Waals surface area contributed by atoms with Gasteiger partial charge in [-0.2, -0.15) is 0 Å². The number of rotatable bonds is 7. The Morgan fingerprint density at radius 3 is 2.76 bits per heavy atom. The third-order valence-electron chi connectivity index (χ3n) is 3.43. The zero-order valence-corrected chi connectivity index (χ0v) is 14.5. The lowest BCUT2D eigenvalue weighted by molar-refractivity contribution is -0.118. The first kappa shape index (κ1) is 17.0. The van der Waals surface area contributed by atoms with Crippen LogP contribution < -0.4 is 10.1 Å². The largest absolute Gasteiger partial charge is 0.496 e. The van der Waals surface area contributed by atoms with Gasteiger partial charge in [0, 0.05) is 12.1 Å². The second-order valence-electron chi connectivity index (χ2n) is 5.11. The first-order valence-electron chi connectivity index (χ1n) is 7.65. The molecule has 0 fully saturated rings. The molecule has 1 N–H and O–H groups in total. The van der Waals surface area contributed by atoms with Gasteiger partial charge in [-0.25, -0.2) is 0 Å². The van der Waals surface area contributed by atoms with Crippen LogP contribution in [0.3, 0.4) is 0 Å². The van der Waals surface area contributed by atoms with Gasteiger partial charge in [0.05, 0.1) is 19.1 Å². The molecule has 3 aromatic rings. The van der Waals surface area contributed by atoms with E-state index in [4.69, 9.17) is 9.15 Å². The number of thioether (sulfide) groups is 1. The Balaban J connectivity index is 1.49. The van der Waals surface area contributed by atoms with Gasteiger partial charge < -0.3 is 14.5 Å². The van der Waals surface area contributed by atoms with Gasteiger partial charge in [-0.05, 0) is 30.3 Å². The molecule has 0 saturated carbocycles. The van der Waals surface area contributed by atoms with E-state index in [-0.39, 0.29) is 11.7 Å². The van der Waals surface area contributed by atoms with E-state index in [1.165, 1.54) is 11.8 Å². The van der Waals surface area contributed by atoms with Crippen molar-refractivity contribution in [1.82, 2.24) is 15.5 Å². The summed E-state index contributed by atoms with van der Waals surface area (Å²) in [6.45, 7) is 0.423. The molecule has 0 aliphatic rings. The molecule has 3 rings (SSSR count). The maximum absolute atomic E-state index is 12.0. The van der Waals surface area contributed by atoms with E-state index in [0.717, 1.165) is 11.3 Å². The molecule has 2 aromatic heterocycles. The fourth-order valence-corrected chi connectivity index (χ4v) is 2.83. The average Bonchev–Trinajstić information content (AvgIpc) is 3.20. The van der Waals surface area contributed by atoms with Crippen molar-refractivity contribution in [1.29, 1.82) is 0 Å². The zero-order chi connectivity index (χ0) is 17.5. The number of aromatic nitrogens is 2. The molecule has 0 radical (unpaired) electrons. The molecule has 0 unspecified atom stereocenters. The SMILES string of the molecule is COc1ccccc1CNC(=O)CSc1ccc(-c2ccco2)nn1. The molecule has 0 bridgehead atoms. The fourth-order valence-electron chi connectivity index (χ4n) is 2.19. The first-order valence-corrected chi connectivity index (χ1v) is 8.64. The summed E-state index contributed by atoms with van der Waals surface area (Å²) in [6, 6.07) is 14.9. The second-order valence-corrected chi connectivity index (χ2v) is 6.11. The van der Waals surface area contributed by atoms with E-state index in [9.17, 15) is 4.79 Å². The topological polar surface area (TPSA) is 77.2 Å². The molecule has 0 saturated heterocycles. The molecule has 0 aliphatic carbocycles. The minimum Gasteiger partial charge on any atom is -0.496 e. The van der Waals surface area contributed by atoms with E-state index in [1.54, 1.807) is 19.4 Å². The Morgan fingerprint density at radius 2 is 2.04 bits per heavy atom. The number of nitrogens with one attached hydrogen (secondary N) is 1. The Labute approximate surface area is 149 Å². The summed E-state index contributed by atoms with van der Waals surface area (Å²) in [5, 5.41) is 11.8. The maximum Gasteiger partial charge on any atom is 0.230 e. The second kappa shape index (κ2) is 8.34. The highest BCUT2D eigenvalue weighted by atomic mass is 32.2. The van der Waals surface area contributed by atoms with Crippen LogP contribution in [-0.4, -0.2) is 29.0 Å². The van der Waals surface area contributed by atoms with Crippen molar-refractivity contribution in [3.63, 3.8) is 0 Å². The Morgan fingerprint density at radius 1 is 1.16 bits per heavy atom. The number of benzene rings is 1. The maximum atomic E-state index is 12.0. The highest BCUT2D eigenvalue weighted by Crippen LogP contribution is 2.20. The van der Waals surface area contributed by atoms with Crippen LogP contribution in [-0.2, 0) is 11.3 Å². The van der Waals surface area contributed by atoms with Crippen molar-refractivity contribution < 1.29 is 13.9 Å². The number of carbonyl (C=O) groups is 1. The summed E-state index contributed by atoms with van der Waals surface area (Å²) in [7, 11) is 1.61. The molecular formula is C18H17N3O3S. The summed E-state index contributed by atoms with van der Waals surface area (Å²) in [6.07, 6.45) is 1.59. The van der Waals surface area contributed by atoms with Gasteiger partial charge in [-0.3, -0.25) is 4.79 Å². The van der Waals surface area contributed by atoms with Gasteiger partial charge in [0.2, 0.25) is 5.91 Å². The third kappa shape index (κ3) is 4.60. The predicted octanol–water partition coefficient (Wildman–Crippen LogP) is 3.15. The molecule has 2 heterocycles. The summed E-state index contributed by atoms with van der Waals surface area (Å²) in [5.74, 6) is 1.62. The van der Waals surface area contributed by atoms with E-state index in [0.29, 0.717) is 23.0 Å². The average molecular weight is 355 g/mol.